The number of benzene rings is 1. The standard InChI is InChI=1S/C26H33N2O3S/c29-23(20-7-3-1-4-8-20)17-28-14-9-21(10-15-28)24(18-28)31-26(30)25(22-11-16-32-19-22)27-12-5-2-6-13-27/h1,3-4,7-8,11,16,19,21,24-25H,2,5-6,9-10,12-15,17-18H2/q+1/t21?,24-,25?,28?/m0/s1. The average Bonchev–Trinajstić information content (AvgIpc) is 3.35. The van der Waals surface area contributed by atoms with E-state index in [0.29, 0.717) is 12.5 Å². The van der Waals surface area contributed by atoms with E-state index >= 15 is 0 Å². The van der Waals surface area contributed by atoms with Crippen LogP contribution in [-0.2, 0) is 9.53 Å². The lowest BCUT2D eigenvalue weighted by Gasteiger charge is -2.51. The molecule has 0 spiro atoms. The highest BCUT2D eigenvalue weighted by Gasteiger charge is 2.49. The largest absolute Gasteiger partial charge is 0.455 e. The van der Waals surface area contributed by atoms with Crippen molar-refractivity contribution < 1.29 is 18.8 Å². The molecule has 32 heavy (non-hydrogen) atoms. The number of hydrogen-bond donors (Lipinski definition) is 0. The Hall–Kier alpha value is -2.02. The van der Waals surface area contributed by atoms with Gasteiger partial charge in [0.2, 0.25) is 5.78 Å². The van der Waals surface area contributed by atoms with Crippen molar-refractivity contribution >= 4 is 23.1 Å². The summed E-state index contributed by atoms with van der Waals surface area (Å²) in [4.78, 5) is 28.8. The molecule has 5 nitrogen and oxygen atoms in total. The van der Waals surface area contributed by atoms with Crippen LogP contribution < -0.4 is 0 Å². The molecule has 0 saturated carbocycles. The van der Waals surface area contributed by atoms with Crippen LogP contribution in [0.2, 0.25) is 0 Å². The van der Waals surface area contributed by atoms with Crippen molar-refractivity contribution in [3.05, 3.63) is 58.3 Å². The van der Waals surface area contributed by atoms with Gasteiger partial charge in [0.1, 0.15) is 19.1 Å². The number of Topliss-reactive ketones (excluding diaryl/α,β-unsaturated/α-hetero) is 1. The summed E-state index contributed by atoms with van der Waals surface area (Å²) in [6.07, 6.45) is 5.50. The lowest BCUT2D eigenvalue weighted by Crippen LogP contribution is -2.66. The van der Waals surface area contributed by atoms with Gasteiger partial charge >= 0.3 is 5.97 Å². The van der Waals surface area contributed by atoms with Crippen LogP contribution in [0.4, 0.5) is 0 Å². The molecular formula is C26H33N2O3S+. The minimum absolute atomic E-state index is 0.0838. The predicted octanol–water partition coefficient (Wildman–Crippen LogP) is 4.31. The molecule has 4 saturated heterocycles. The van der Waals surface area contributed by atoms with E-state index in [9.17, 15) is 9.59 Å². The molecule has 4 fully saturated rings. The van der Waals surface area contributed by atoms with Crippen molar-refractivity contribution in [2.45, 2.75) is 44.2 Å². The van der Waals surface area contributed by atoms with Crippen LogP contribution in [0.15, 0.2) is 47.2 Å². The third-order valence-corrected chi connectivity index (χ3v) is 8.42. The molecule has 1 aromatic carbocycles. The molecule has 0 aliphatic carbocycles. The van der Waals surface area contributed by atoms with Crippen molar-refractivity contribution in [3.8, 4) is 0 Å². The molecule has 1 unspecified atom stereocenters. The number of fused-ring (bicyclic) bond motifs is 3. The van der Waals surface area contributed by atoms with Crippen LogP contribution in [0.25, 0.3) is 0 Å². The maximum atomic E-state index is 13.5. The first-order valence-corrected chi connectivity index (χ1v) is 13.0. The minimum Gasteiger partial charge on any atom is -0.455 e. The van der Waals surface area contributed by atoms with Crippen molar-refractivity contribution in [2.24, 2.45) is 5.92 Å². The summed E-state index contributed by atoms with van der Waals surface area (Å²) >= 11 is 1.64. The smallest absolute Gasteiger partial charge is 0.328 e. The number of quaternary nitrogens is 1. The van der Waals surface area contributed by atoms with Gasteiger partial charge in [0.05, 0.1) is 13.1 Å². The molecule has 5 heterocycles. The number of rotatable bonds is 7. The number of nitrogens with zero attached hydrogens (tertiary/aromatic N) is 2. The molecule has 0 radical (unpaired) electrons. The number of thiophene rings is 1. The molecular weight excluding hydrogens is 420 g/mol. The highest BCUT2D eigenvalue weighted by atomic mass is 32.1. The first kappa shape index (κ1) is 21.8. The Kier molecular flexibility index (Phi) is 6.44. The number of esters is 1. The van der Waals surface area contributed by atoms with E-state index in [1.807, 2.05) is 35.7 Å². The van der Waals surface area contributed by atoms with Crippen LogP contribution in [0.5, 0.6) is 0 Å². The molecule has 6 rings (SSSR count). The molecule has 2 aromatic rings. The van der Waals surface area contributed by atoms with E-state index in [4.69, 9.17) is 4.74 Å². The van der Waals surface area contributed by atoms with E-state index in [-0.39, 0.29) is 23.9 Å². The number of likely N-dealkylation sites (tertiary alicyclic amines) is 1. The fourth-order valence-electron chi connectivity index (χ4n) is 5.91. The molecule has 6 heteroatoms. The van der Waals surface area contributed by atoms with Gasteiger partial charge in [-0.3, -0.25) is 9.69 Å². The SMILES string of the molecule is O=C(C[N+]12CCC(CC1)[C@@H](OC(=O)C(c1ccsc1)N1CCCCC1)C2)c1ccccc1. The minimum atomic E-state index is -0.295. The number of carbonyl (C=O) groups is 2. The Bertz CT molecular complexity index is 916. The maximum Gasteiger partial charge on any atom is 0.328 e. The van der Waals surface area contributed by atoms with E-state index in [0.717, 1.165) is 74.0 Å². The summed E-state index contributed by atoms with van der Waals surface area (Å²) in [5, 5.41) is 4.13. The van der Waals surface area contributed by atoms with Gasteiger partial charge in [-0.1, -0.05) is 36.8 Å². The van der Waals surface area contributed by atoms with E-state index in [2.05, 4.69) is 16.3 Å². The van der Waals surface area contributed by atoms with Crippen LogP contribution in [0, 0.1) is 5.92 Å². The monoisotopic (exact) mass is 453 g/mol. The topological polar surface area (TPSA) is 46.6 Å². The quantitative estimate of drug-likeness (QED) is 0.356. The lowest BCUT2D eigenvalue weighted by atomic mass is 9.82. The fraction of sp³-hybridized carbons (Fsp3) is 0.538. The summed E-state index contributed by atoms with van der Waals surface area (Å²) in [5.74, 6) is 0.521. The molecule has 4 aliphatic rings. The first-order chi connectivity index (χ1) is 15.6. The van der Waals surface area contributed by atoms with Crippen molar-refractivity contribution in [3.63, 3.8) is 0 Å². The normalized spacial score (nSPS) is 28.9. The van der Waals surface area contributed by atoms with Crippen molar-refractivity contribution in [1.82, 2.24) is 4.90 Å². The zero-order chi connectivity index (χ0) is 22.0. The van der Waals surface area contributed by atoms with Gasteiger partial charge in [0.25, 0.3) is 0 Å². The van der Waals surface area contributed by atoms with E-state index in [1.165, 1.54) is 6.42 Å². The molecule has 1 aromatic heterocycles. The second-order valence-corrected chi connectivity index (χ2v) is 10.6. The molecule has 4 aliphatic heterocycles. The molecule has 170 valence electrons. The highest BCUT2D eigenvalue weighted by Crippen LogP contribution is 2.37. The Morgan fingerprint density at radius 1 is 1.06 bits per heavy atom. The summed E-state index contributed by atoms with van der Waals surface area (Å²) in [6.45, 7) is 5.20. The van der Waals surface area contributed by atoms with E-state index < -0.39 is 0 Å². The number of ketones is 1. The second kappa shape index (κ2) is 9.46. The van der Waals surface area contributed by atoms with Gasteiger partial charge < -0.3 is 9.22 Å². The Morgan fingerprint density at radius 3 is 2.50 bits per heavy atom. The Balaban J connectivity index is 1.29. The van der Waals surface area contributed by atoms with Crippen LogP contribution in [-0.4, -0.2) is 66.5 Å². The van der Waals surface area contributed by atoms with Gasteiger partial charge in [-0.15, -0.1) is 0 Å². The number of hydrogen-bond acceptors (Lipinski definition) is 5. The average molecular weight is 454 g/mol. The molecule has 0 N–H and O–H groups in total. The predicted molar refractivity (Wildman–Crippen MR) is 126 cm³/mol. The van der Waals surface area contributed by atoms with Crippen molar-refractivity contribution in [2.75, 3.05) is 39.3 Å². The summed E-state index contributed by atoms with van der Waals surface area (Å²) in [6, 6.07) is 11.4. The maximum absolute atomic E-state index is 13.5. The summed E-state index contributed by atoms with van der Waals surface area (Å²) in [5.41, 5.74) is 1.84. The zero-order valence-corrected chi connectivity index (χ0v) is 19.5. The highest BCUT2D eigenvalue weighted by molar-refractivity contribution is 7.08. The van der Waals surface area contributed by atoms with Gasteiger partial charge in [0.15, 0.2) is 6.10 Å². The fourth-order valence-corrected chi connectivity index (χ4v) is 6.59. The third kappa shape index (κ3) is 4.54. The zero-order valence-electron chi connectivity index (χ0n) is 18.7. The summed E-state index contributed by atoms with van der Waals surface area (Å²) < 4.78 is 7.03. The van der Waals surface area contributed by atoms with Crippen LogP contribution in [0.3, 0.4) is 0 Å². The van der Waals surface area contributed by atoms with Crippen molar-refractivity contribution in [1.29, 1.82) is 0 Å². The second-order valence-electron chi connectivity index (χ2n) is 9.79. The molecule has 0 amide bonds. The number of ether oxygens (including phenoxy) is 1. The van der Waals surface area contributed by atoms with Crippen LogP contribution in [0.1, 0.15) is 54.1 Å². The Labute approximate surface area is 194 Å². The van der Waals surface area contributed by atoms with Gasteiger partial charge in [0, 0.05) is 24.3 Å². The molecule has 2 bridgehead atoms. The van der Waals surface area contributed by atoms with Gasteiger partial charge in [-0.25, -0.2) is 4.79 Å². The number of carbonyl (C=O) groups excluding carboxylic acids is 2. The van der Waals surface area contributed by atoms with Gasteiger partial charge in [-0.05, 0) is 48.3 Å². The molecule has 2 atom stereocenters. The Morgan fingerprint density at radius 2 is 1.81 bits per heavy atom. The lowest BCUT2D eigenvalue weighted by molar-refractivity contribution is -0.938. The first-order valence-electron chi connectivity index (χ1n) is 12.0. The third-order valence-electron chi connectivity index (χ3n) is 7.72. The summed E-state index contributed by atoms with van der Waals surface area (Å²) in [7, 11) is 0. The van der Waals surface area contributed by atoms with Crippen LogP contribution >= 0.6 is 11.3 Å². The van der Waals surface area contributed by atoms with E-state index in [1.54, 1.807) is 11.3 Å². The number of piperidine rings is 4. The van der Waals surface area contributed by atoms with Gasteiger partial charge in [-0.2, -0.15) is 11.3 Å².